The lowest BCUT2D eigenvalue weighted by Gasteiger charge is -2.21. The molecule has 0 aromatic carbocycles. The van der Waals surface area contributed by atoms with E-state index in [0.717, 1.165) is 19.3 Å². The fraction of sp³-hybridized carbons (Fsp3) is 0.667. The van der Waals surface area contributed by atoms with Gasteiger partial charge in [-0.25, -0.2) is 13.2 Å². The average Bonchev–Trinajstić information content (AvgIpc) is 2.90. The van der Waals surface area contributed by atoms with Crippen molar-refractivity contribution in [3.63, 3.8) is 0 Å². The maximum atomic E-state index is 12.0. The molecule has 1 aliphatic rings. The van der Waals surface area contributed by atoms with Crippen LogP contribution in [0.25, 0.3) is 0 Å². The van der Waals surface area contributed by atoms with Crippen LogP contribution in [0.3, 0.4) is 0 Å². The number of esters is 1. The smallest absolute Gasteiger partial charge is 0.360 e. The largest absolute Gasteiger partial charge is 0.458 e. The van der Waals surface area contributed by atoms with Crippen LogP contribution in [0.15, 0.2) is 4.90 Å². The number of rotatable bonds is 5. The molecule has 21 heavy (non-hydrogen) atoms. The fourth-order valence-electron chi connectivity index (χ4n) is 2.18. The van der Waals surface area contributed by atoms with Gasteiger partial charge in [0.2, 0.25) is 0 Å². The van der Waals surface area contributed by atoms with Crippen LogP contribution in [0.5, 0.6) is 0 Å². The zero-order valence-corrected chi connectivity index (χ0v) is 13.2. The Morgan fingerprint density at radius 1 is 1.52 bits per heavy atom. The Balaban J connectivity index is 2.10. The van der Waals surface area contributed by atoms with Gasteiger partial charge >= 0.3 is 5.97 Å². The molecule has 1 N–H and O–H groups in total. The first-order valence-electron chi connectivity index (χ1n) is 6.74. The van der Waals surface area contributed by atoms with E-state index in [1.807, 2.05) is 0 Å². The molecule has 9 heteroatoms. The van der Waals surface area contributed by atoms with Crippen molar-refractivity contribution in [3.8, 4) is 0 Å². The van der Waals surface area contributed by atoms with Crippen LogP contribution >= 0.6 is 10.7 Å². The number of H-pyrrole nitrogens is 1. The monoisotopic (exact) mass is 336 g/mol. The molecule has 0 saturated carbocycles. The van der Waals surface area contributed by atoms with Gasteiger partial charge in [0.1, 0.15) is 11.5 Å². The molecule has 2 heterocycles. The summed E-state index contributed by atoms with van der Waals surface area (Å²) >= 11 is 0. The second kappa shape index (κ2) is 6.76. The molecule has 1 aliphatic heterocycles. The number of hydrogen-bond donors (Lipinski definition) is 1. The highest BCUT2D eigenvalue weighted by Crippen LogP contribution is 2.24. The number of aromatic nitrogens is 2. The van der Waals surface area contributed by atoms with Gasteiger partial charge in [0.25, 0.3) is 9.05 Å². The molecule has 1 unspecified atom stereocenters. The van der Waals surface area contributed by atoms with Crippen molar-refractivity contribution < 1.29 is 22.7 Å². The van der Waals surface area contributed by atoms with Crippen LogP contribution < -0.4 is 0 Å². The van der Waals surface area contributed by atoms with Crippen molar-refractivity contribution in [2.75, 3.05) is 13.2 Å². The summed E-state index contributed by atoms with van der Waals surface area (Å²) in [5, 5.41) is 6.22. The Labute approximate surface area is 127 Å². The van der Waals surface area contributed by atoms with Gasteiger partial charge in [0.15, 0.2) is 5.69 Å². The second-order valence-corrected chi connectivity index (χ2v) is 7.26. The van der Waals surface area contributed by atoms with Gasteiger partial charge in [-0.05, 0) is 25.7 Å². The third-order valence-corrected chi connectivity index (χ3v) is 4.65. The molecule has 0 amide bonds. The fourth-order valence-corrected chi connectivity index (χ4v) is 3.53. The molecule has 1 fully saturated rings. The van der Waals surface area contributed by atoms with Crippen LogP contribution in [0.4, 0.5) is 0 Å². The van der Waals surface area contributed by atoms with E-state index in [2.05, 4.69) is 10.2 Å². The minimum atomic E-state index is -4.07. The van der Waals surface area contributed by atoms with E-state index in [-0.39, 0.29) is 29.0 Å². The van der Waals surface area contributed by atoms with E-state index >= 15 is 0 Å². The summed E-state index contributed by atoms with van der Waals surface area (Å²) in [5.41, 5.74) is -0.0245. The Hall–Kier alpha value is -1.12. The topological polar surface area (TPSA) is 98.3 Å². The molecule has 0 spiro atoms. The third kappa shape index (κ3) is 3.96. The second-order valence-electron chi connectivity index (χ2n) is 4.76. The Bertz CT molecular complexity index is 607. The quantitative estimate of drug-likeness (QED) is 0.648. The Morgan fingerprint density at radius 2 is 2.29 bits per heavy atom. The number of nitrogens with one attached hydrogen (secondary N) is 1. The summed E-state index contributed by atoms with van der Waals surface area (Å²) in [6.45, 7) is 2.45. The molecule has 0 radical (unpaired) electrons. The number of carbonyl (C=O) groups excluding carboxylic acids is 1. The number of ether oxygens (including phenoxy) is 2. The van der Waals surface area contributed by atoms with E-state index < -0.39 is 15.0 Å². The maximum Gasteiger partial charge on any atom is 0.360 e. The molecule has 1 aromatic rings. The van der Waals surface area contributed by atoms with Gasteiger partial charge in [-0.2, -0.15) is 5.10 Å². The lowest BCUT2D eigenvalue weighted by molar-refractivity contribution is -0.0303. The van der Waals surface area contributed by atoms with Crippen LogP contribution in [0.2, 0.25) is 0 Å². The Morgan fingerprint density at radius 3 is 2.86 bits per heavy atom. The minimum Gasteiger partial charge on any atom is -0.458 e. The third-order valence-electron chi connectivity index (χ3n) is 3.26. The Kier molecular flexibility index (Phi) is 5.23. The van der Waals surface area contributed by atoms with E-state index in [1.54, 1.807) is 6.92 Å². The molecule has 1 aromatic heterocycles. The van der Waals surface area contributed by atoms with Gasteiger partial charge in [-0.15, -0.1) is 0 Å². The van der Waals surface area contributed by atoms with Crippen molar-refractivity contribution in [1.29, 1.82) is 0 Å². The summed E-state index contributed by atoms with van der Waals surface area (Å²) in [7, 11) is 1.29. The first-order valence-corrected chi connectivity index (χ1v) is 9.05. The molecule has 7 nitrogen and oxygen atoms in total. The van der Waals surface area contributed by atoms with Crippen molar-refractivity contribution in [2.45, 2.75) is 43.6 Å². The van der Waals surface area contributed by atoms with Gasteiger partial charge in [0.05, 0.1) is 11.8 Å². The van der Waals surface area contributed by atoms with E-state index in [4.69, 9.17) is 20.2 Å². The van der Waals surface area contributed by atoms with E-state index in [1.165, 1.54) is 0 Å². The zero-order chi connectivity index (χ0) is 15.5. The van der Waals surface area contributed by atoms with Crippen LogP contribution in [-0.2, 0) is 24.9 Å². The lowest BCUT2D eigenvalue weighted by atomic mass is 10.1. The minimum absolute atomic E-state index is 0.0783. The molecular weight excluding hydrogens is 320 g/mol. The predicted octanol–water partition coefficient (Wildman–Crippen LogP) is 1.63. The molecule has 1 atom stereocenters. The molecular formula is C12H17ClN2O5S. The molecule has 0 bridgehead atoms. The molecule has 118 valence electrons. The van der Waals surface area contributed by atoms with Crippen molar-refractivity contribution in [2.24, 2.45) is 0 Å². The standard InChI is InChI=1S/C12H17ClN2O5S/c1-2-9-11(21(13,17)18)10(15-14-9)12(16)20-7-8-5-3-4-6-19-8/h8H,2-7H2,1H3,(H,14,15). The normalized spacial score (nSPS) is 19.4. The predicted molar refractivity (Wildman–Crippen MR) is 74.9 cm³/mol. The first-order chi connectivity index (χ1) is 9.93. The number of nitrogens with zero attached hydrogens (tertiary/aromatic N) is 1. The highest BCUT2D eigenvalue weighted by atomic mass is 35.7. The van der Waals surface area contributed by atoms with Gasteiger partial charge in [0, 0.05) is 17.3 Å². The number of hydrogen-bond acceptors (Lipinski definition) is 6. The maximum absolute atomic E-state index is 12.0. The van der Waals surface area contributed by atoms with Crippen molar-refractivity contribution in [3.05, 3.63) is 11.4 Å². The number of halogens is 1. The van der Waals surface area contributed by atoms with Crippen LogP contribution in [0.1, 0.15) is 42.4 Å². The lowest BCUT2D eigenvalue weighted by Crippen LogP contribution is -2.26. The SMILES string of the molecule is CCc1[nH]nc(C(=O)OCC2CCCCO2)c1S(=O)(=O)Cl. The summed E-state index contributed by atoms with van der Waals surface area (Å²) in [4.78, 5) is 11.7. The van der Waals surface area contributed by atoms with Gasteiger partial charge in [-0.1, -0.05) is 6.92 Å². The molecule has 0 aliphatic carbocycles. The van der Waals surface area contributed by atoms with Crippen LogP contribution in [0, 0.1) is 0 Å². The number of aryl methyl sites for hydroxylation is 1. The first kappa shape index (κ1) is 16.3. The molecule has 2 rings (SSSR count). The molecule has 1 saturated heterocycles. The number of aromatic amines is 1. The number of carbonyl (C=O) groups is 1. The average molecular weight is 337 g/mol. The summed E-state index contributed by atoms with van der Waals surface area (Å²) in [6, 6.07) is 0. The summed E-state index contributed by atoms with van der Waals surface area (Å²) < 4.78 is 33.7. The van der Waals surface area contributed by atoms with Gasteiger partial charge in [-0.3, -0.25) is 5.10 Å². The summed E-state index contributed by atoms with van der Waals surface area (Å²) in [6.07, 6.45) is 3.04. The van der Waals surface area contributed by atoms with Crippen molar-refractivity contribution >= 4 is 25.7 Å². The van der Waals surface area contributed by atoms with E-state index in [0.29, 0.717) is 13.0 Å². The zero-order valence-electron chi connectivity index (χ0n) is 11.6. The van der Waals surface area contributed by atoms with E-state index in [9.17, 15) is 13.2 Å². The van der Waals surface area contributed by atoms with Crippen molar-refractivity contribution in [1.82, 2.24) is 10.2 Å². The van der Waals surface area contributed by atoms with Crippen LogP contribution in [-0.4, -0.2) is 43.9 Å². The highest BCUT2D eigenvalue weighted by Gasteiger charge is 2.29. The van der Waals surface area contributed by atoms with Gasteiger partial charge < -0.3 is 9.47 Å². The summed E-state index contributed by atoms with van der Waals surface area (Å²) in [5.74, 6) is -0.820. The highest BCUT2D eigenvalue weighted by molar-refractivity contribution is 8.13.